The van der Waals surface area contributed by atoms with Crippen LogP contribution in [-0.2, 0) is 14.4 Å². The van der Waals surface area contributed by atoms with E-state index in [4.69, 9.17) is 0 Å². The molecule has 0 radical (unpaired) electrons. The highest BCUT2D eigenvalue weighted by molar-refractivity contribution is 6.01. The molecule has 3 rings (SSSR count). The zero-order chi connectivity index (χ0) is 28.3. The molecule has 0 bridgehead atoms. The van der Waals surface area contributed by atoms with Crippen molar-refractivity contribution in [3.8, 4) is 0 Å². The molecule has 0 atom stereocenters. The van der Waals surface area contributed by atoms with E-state index in [0.717, 1.165) is 51.4 Å². The molecule has 6 heteroatoms. The molecule has 2 aliphatic carbocycles. The van der Waals surface area contributed by atoms with Gasteiger partial charge in [0.15, 0.2) is 0 Å². The maximum Gasteiger partial charge on any atom is 0.230 e. The van der Waals surface area contributed by atoms with Gasteiger partial charge in [-0.15, -0.1) is 0 Å². The van der Waals surface area contributed by atoms with Crippen LogP contribution in [0.25, 0.3) is 0 Å². The molecular formula is C32H51N3O3. The minimum absolute atomic E-state index is 0.0186. The number of hydrogen-bond donors (Lipinski definition) is 2. The molecule has 0 aromatic heterocycles. The molecule has 0 spiro atoms. The molecule has 3 amide bonds. The predicted octanol–water partition coefficient (Wildman–Crippen LogP) is 7.78. The first-order valence-corrected chi connectivity index (χ1v) is 14.8. The van der Waals surface area contributed by atoms with Crippen molar-refractivity contribution in [3.05, 3.63) is 18.2 Å². The molecule has 0 heterocycles. The minimum Gasteiger partial charge on any atom is -0.326 e. The number of amides is 3. The van der Waals surface area contributed by atoms with Crippen molar-refractivity contribution in [3.63, 3.8) is 0 Å². The SMILES string of the molecule is CC(C)N(C(=O)C1CCCCC1)c1cc(NC(=O)C(C)(C)C)cc(NC(=O)[C@H]2CC[C@@H](C(C)(C)C)CC2)c1. The molecule has 2 aliphatic rings. The fourth-order valence-electron chi connectivity index (χ4n) is 5.91. The van der Waals surface area contributed by atoms with Gasteiger partial charge >= 0.3 is 0 Å². The smallest absolute Gasteiger partial charge is 0.230 e. The van der Waals surface area contributed by atoms with E-state index >= 15 is 0 Å². The standard InChI is InChI=1S/C32H51N3O3/c1-21(2)35(29(37)23-12-10-9-11-13-23)27-19-25(18-26(20-27)34-30(38)32(6,7)8)33-28(36)22-14-16-24(17-15-22)31(3,4)5/h18-24H,9-17H2,1-8H3,(H,33,36)(H,34,38)/t22-,24+. The average Bonchev–Trinajstić information content (AvgIpc) is 2.83. The summed E-state index contributed by atoms with van der Waals surface area (Å²) < 4.78 is 0. The number of nitrogens with one attached hydrogen (secondary N) is 2. The van der Waals surface area contributed by atoms with Crippen molar-refractivity contribution >= 4 is 34.8 Å². The Morgan fingerprint density at radius 1 is 0.763 bits per heavy atom. The van der Waals surface area contributed by atoms with Gasteiger partial charge in [0.25, 0.3) is 0 Å². The lowest BCUT2D eigenvalue weighted by Crippen LogP contribution is -2.42. The van der Waals surface area contributed by atoms with Crippen LogP contribution >= 0.6 is 0 Å². The van der Waals surface area contributed by atoms with Crippen LogP contribution in [0.4, 0.5) is 17.1 Å². The molecule has 0 unspecified atom stereocenters. The fourth-order valence-corrected chi connectivity index (χ4v) is 5.91. The molecule has 1 aromatic rings. The van der Waals surface area contributed by atoms with E-state index in [1.807, 2.05) is 57.7 Å². The number of hydrogen-bond acceptors (Lipinski definition) is 3. The largest absolute Gasteiger partial charge is 0.326 e. The summed E-state index contributed by atoms with van der Waals surface area (Å²) in [5, 5.41) is 6.16. The van der Waals surface area contributed by atoms with Crippen LogP contribution in [0.3, 0.4) is 0 Å². The predicted molar refractivity (Wildman–Crippen MR) is 157 cm³/mol. The number of carbonyl (C=O) groups is 3. The topological polar surface area (TPSA) is 78.5 Å². The Kier molecular flexibility index (Phi) is 9.70. The average molecular weight is 526 g/mol. The summed E-state index contributed by atoms with van der Waals surface area (Å²) in [4.78, 5) is 41.7. The van der Waals surface area contributed by atoms with Crippen LogP contribution in [0.2, 0.25) is 0 Å². The van der Waals surface area contributed by atoms with Gasteiger partial charge in [-0.3, -0.25) is 14.4 Å². The number of anilines is 3. The first-order chi connectivity index (χ1) is 17.7. The summed E-state index contributed by atoms with van der Waals surface area (Å²) in [6, 6.07) is 5.53. The number of nitrogens with zero attached hydrogens (tertiary/aromatic N) is 1. The van der Waals surface area contributed by atoms with Gasteiger partial charge in [0.05, 0.1) is 0 Å². The lowest BCUT2D eigenvalue weighted by Gasteiger charge is -2.36. The van der Waals surface area contributed by atoms with Gasteiger partial charge in [-0.2, -0.15) is 0 Å². The van der Waals surface area contributed by atoms with Crippen LogP contribution in [0, 0.1) is 28.6 Å². The highest BCUT2D eigenvalue weighted by Gasteiger charge is 2.33. The fraction of sp³-hybridized carbons (Fsp3) is 0.719. The molecule has 1 aromatic carbocycles. The molecule has 2 fully saturated rings. The lowest BCUT2D eigenvalue weighted by molar-refractivity contribution is -0.124. The monoisotopic (exact) mass is 525 g/mol. The van der Waals surface area contributed by atoms with Gasteiger partial charge < -0.3 is 15.5 Å². The summed E-state index contributed by atoms with van der Waals surface area (Å²) in [6.45, 7) is 16.5. The van der Waals surface area contributed by atoms with Gasteiger partial charge in [0, 0.05) is 40.4 Å². The van der Waals surface area contributed by atoms with Crippen molar-refractivity contribution in [2.75, 3.05) is 15.5 Å². The quantitative estimate of drug-likeness (QED) is 0.398. The van der Waals surface area contributed by atoms with Crippen molar-refractivity contribution in [2.24, 2.45) is 28.6 Å². The molecule has 212 valence electrons. The number of carbonyl (C=O) groups excluding carboxylic acids is 3. The molecule has 38 heavy (non-hydrogen) atoms. The van der Waals surface area contributed by atoms with Crippen molar-refractivity contribution in [2.45, 2.75) is 119 Å². The summed E-state index contributed by atoms with van der Waals surface area (Å²) >= 11 is 0. The number of rotatable bonds is 6. The molecule has 2 saturated carbocycles. The van der Waals surface area contributed by atoms with Gasteiger partial charge in [-0.1, -0.05) is 60.8 Å². The molecule has 6 nitrogen and oxygen atoms in total. The van der Waals surface area contributed by atoms with Crippen LogP contribution < -0.4 is 15.5 Å². The van der Waals surface area contributed by atoms with Crippen LogP contribution in [0.5, 0.6) is 0 Å². The van der Waals surface area contributed by atoms with E-state index in [-0.39, 0.29) is 41.0 Å². The second-order valence-corrected chi connectivity index (χ2v) is 14.0. The van der Waals surface area contributed by atoms with Gasteiger partial charge in [0.1, 0.15) is 0 Å². The molecular weight excluding hydrogens is 474 g/mol. The maximum atomic E-state index is 13.7. The molecule has 0 aliphatic heterocycles. The Morgan fingerprint density at radius 3 is 1.82 bits per heavy atom. The minimum atomic E-state index is -0.569. The van der Waals surface area contributed by atoms with E-state index in [2.05, 4.69) is 31.4 Å². The summed E-state index contributed by atoms with van der Waals surface area (Å²) in [6.07, 6.45) is 9.10. The van der Waals surface area contributed by atoms with E-state index < -0.39 is 5.41 Å². The zero-order valence-electron chi connectivity index (χ0n) is 25.1. The van der Waals surface area contributed by atoms with E-state index in [9.17, 15) is 14.4 Å². The van der Waals surface area contributed by atoms with Gasteiger partial charge in [-0.25, -0.2) is 0 Å². The Hall–Kier alpha value is -2.37. The van der Waals surface area contributed by atoms with E-state index in [1.165, 1.54) is 6.42 Å². The Bertz CT molecular complexity index is 988. The van der Waals surface area contributed by atoms with E-state index in [0.29, 0.717) is 23.0 Å². The Balaban J connectivity index is 1.87. The first kappa shape index (κ1) is 30.2. The van der Waals surface area contributed by atoms with Crippen LogP contribution in [0.1, 0.15) is 113 Å². The first-order valence-electron chi connectivity index (χ1n) is 14.8. The third kappa shape index (κ3) is 7.83. The zero-order valence-corrected chi connectivity index (χ0v) is 25.1. The summed E-state index contributed by atoms with van der Waals surface area (Å²) in [7, 11) is 0. The number of benzene rings is 1. The van der Waals surface area contributed by atoms with Gasteiger partial charge in [-0.05, 0) is 81.9 Å². The third-order valence-corrected chi connectivity index (χ3v) is 8.43. The van der Waals surface area contributed by atoms with Crippen LogP contribution in [0.15, 0.2) is 18.2 Å². The van der Waals surface area contributed by atoms with Crippen molar-refractivity contribution < 1.29 is 14.4 Å². The summed E-state index contributed by atoms with van der Waals surface area (Å²) in [5.74, 6) is 0.695. The Labute approximate surface area is 230 Å². The van der Waals surface area contributed by atoms with Crippen molar-refractivity contribution in [1.29, 1.82) is 0 Å². The van der Waals surface area contributed by atoms with Crippen LogP contribution in [-0.4, -0.2) is 23.8 Å². The Morgan fingerprint density at radius 2 is 1.32 bits per heavy atom. The van der Waals surface area contributed by atoms with Crippen molar-refractivity contribution in [1.82, 2.24) is 0 Å². The van der Waals surface area contributed by atoms with E-state index in [1.54, 1.807) is 0 Å². The maximum absolute atomic E-state index is 13.7. The molecule has 2 N–H and O–H groups in total. The second kappa shape index (κ2) is 12.2. The third-order valence-electron chi connectivity index (χ3n) is 8.43. The summed E-state index contributed by atoms with van der Waals surface area (Å²) in [5.41, 5.74) is 1.63. The second-order valence-electron chi connectivity index (χ2n) is 14.0. The normalized spacial score (nSPS) is 21.2. The molecule has 0 saturated heterocycles. The highest BCUT2D eigenvalue weighted by atomic mass is 16.2. The lowest BCUT2D eigenvalue weighted by atomic mass is 9.69. The highest BCUT2D eigenvalue weighted by Crippen LogP contribution is 2.40. The van der Waals surface area contributed by atoms with Gasteiger partial charge in [0.2, 0.25) is 17.7 Å².